The van der Waals surface area contributed by atoms with Crippen LogP contribution in [0.25, 0.3) is 0 Å². The summed E-state index contributed by atoms with van der Waals surface area (Å²) in [6.45, 7) is 3.46. The number of halogens is 5. The molecular formula is C20H29F5N2O4. The summed E-state index contributed by atoms with van der Waals surface area (Å²) in [5, 5.41) is 9.99. The van der Waals surface area contributed by atoms with Gasteiger partial charge in [-0.05, 0) is 31.6 Å². The molecule has 2 aliphatic carbocycles. The Morgan fingerprint density at radius 1 is 1.10 bits per heavy atom. The van der Waals surface area contributed by atoms with Crippen LogP contribution in [-0.2, 0) is 14.3 Å². The maximum absolute atomic E-state index is 12.8. The third-order valence-corrected chi connectivity index (χ3v) is 6.88. The highest BCUT2D eigenvalue weighted by molar-refractivity contribution is 5.79. The maximum Gasteiger partial charge on any atom is 0.490 e. The van der Waals surface area contributed by atoms with Gasteiger partial charge in [-0.2, -0.15) is 13.2 Å². The van der Waals surface area contributed by atoms with Gasteiger partial charge in [0.15, 0.2) is 0 Å². The van der Waals surface area contributed by atoms with E-state index >= 15 is 0 Å². The summed E-state index contributed by atoms with van der Waals surface area (Å²) < 4.78 is 63.5. The molecule has 2 aliphatic heterocycles. The van der Waals surface area contributed by atoms with Crippen LogP contribution >= 0.6 is 0 Å². The number of ether oxygens (including phenoxy) is 1. The number of likely N-dealkylation sites (tertiary alicyclic amines) is 1. The normalized spacial score (nSPS) is 27.8. The van der Waals surface area contributed by atoms with E-state index in [1.165, 1.54) is 25.7 Å². The molecule has 1 atom stereocenters. The van der Waals surface area contributed by atoms with E-state index in [0.29, 0.717) is 12.5 Å². The molecule has 2 heterocycles. The Kier molecular flexibility index (Phi) is 7.15. The maximum atomic E-state index is 12.8. The van der Waals surface area contributed by atoms with Crippen LogP contribution in [0.15, 0.2) is 0 Å². The van der Waals surface area contributed by atoms with Gasteiger partial charge in [0.1, 0.15) is 0 Å². The lowest BCUT2D eigenvalue weighted by atomic mass is 9.78. The molecular weight excluding hydrogens is 427 g/mol. The molecule has 2 saturated heterocycles. The van der Waals surface area contributed by atoms with Crippen molar-refractivity contribution in [3.63, 3.8) is 0 Å². The van der Waals surface area contributed by atoms with Gasteiger partial charge in [-0.3, -0.25) is 9.69 Å². The zero-order valence-electron chi connectivity index (χ0n) is 17.2. The molecule has 4 fully saturated rings. The van der Waals surface area contributed by atoms with Crippen molar-refractivity contribution in [2.75, 3.05) is 26.2 Å². The zero-order chi connectivity index (χ0) is 22.9. The molecule has 2 saturated carbocycles. The van der Waals surface area contributed by atoms with Crippen LogP contribution < -0.4 is 5.32 Å². The molecule has 0 aromatic carbocycles. The SMILES string of the molecule is O=C(NCCC1CCOC12CN(C1CCCC1)C2)C1CC(F)(F)C1.O=C(O)C(F)(F)F. The lowest BCUT2D eigenvalue weighted by molar-refractivity contribution is -0.192. The Morgan fingerprint density at radius 3 is 2.19 bits per heavy atom. The van der Waals surface area contributed by atoms with Crippen LogP contribution in [0.4, 0.5) is 22.0 Å². The predicted molar refractivity (Wildman–Crippen MR) is 99.6 cm³/mol. The molecule has 1 spiro atoms. The summed E-state index contributed by atoms with van der Waals surface area (Å²) in [6.07, 6.45) is 1.64. The smallest absolute Gasteiger partial charge is 0.475 e. The fraction of sp³-hybridized carbons (Fsp3) is 0.900. The summed E-state index contributed by atoms with van der Waals surface area (Å²) in [6, 6.07) is 0.750. The molecule has 0 aromatic rings. The van der Waals surface area contributed by atoms with Crippen molar-refractivity contribution < 1.29 is 41.4 Å². The molecule has 4 aliphatic rings. The van der Waals surface area contributed by atoms with E-state index in [9.17, 15) is 26.7 Å². The topological polar surface area (TPSA) is 78.9 Å². The number of nitrogens with zero attached hydrogens (tertiary/aromatic N) is 1. The van der Waals surface area contributed by atoms with Crippen LogP contribution in [-0.4, -0.2) is 71.9 Å². The fourth-order valence-corrected chi connectivity index (χ4v) is 5.07. The zero-order valence-corrected chi connectivity index (χ0v) is 17.2. The molecule has 178 valence electrons. The van der Waals surface area contributed by atoms with Crippen molar-refractivity contribution >= 4 is 11.9 Å². The first-order chi connectivity index (χ1) is 14.4. The van der Waals surface area contributed by atoms with Crippen LogP contribution in [0.5, 0.6) is 0 Å². The second-order valence-corrected chi connectivity index (χ2v) is 9.09. The van der Waals surface area contributed by atoms with Crippen molar-refractivity contribution in [2.24, 2.45) is 11.8 Å². The Labute approximate surface area is 177 Å². The summed E-state index contributed by atoms with van der Waals surface area (Å²) in [5.74, 6) is -5.59. The number of carbonyl (C=O) groups excluding carboxylic acids is 1. The highest BCUT2D eigenvalue weighted by Crippen LogP contribution is 2.44. The highest BCUT2D eigenvalue weighted by atomic mass is 19.4. The van der Waals surface area contributed by atoms with Crippen molar-refractivity contribution in [2.45, 2.75) is 75.1 Å². The lowest BCUT2D eigenvalue weighted by Gasteiger charge is -2.53. The van der Waals surface area contributed by atoms with Crippen molar-refractivity contribution in [3.05, 3.63) is 0 Å². The quantitative estimate of drug-likeness (QED) is 0.622. The first-order valence-corrected chi connectivity index (χ1v) is 10.8. The molecule has 4 rings (SSSR count). The summed E-state index contributed by atoms with van der Waals surface area (Å²) >= 11 is 0. The number of carbonyl (C=O) groups is 2. The van der Waals surface area contributed by atoms with Crippen LogP contribution in [0.1, 0.15) is 51.4 Å². The number of hydrogen-bond acceptors (Lipinski definition) is 4. The van der Waals surface area contributed by atoms with Crippen LogP contribution in [0.3, 0.4) is 0 Å². The molecule has 31 heavy (non-hydrogen) atoms. The summed E-state index contributed by atoms with van der Waals surface area (Å²) in [7, 11) is 0. The third kappa shape index (κ3) is 5.85. The van der Waals surface area contributed by atoms with Crippen molar-refractivity contribution in [1.29, 1.82) is 0 Å². The standard InChI is InChI=1S/C18H28F2N2O2.C2HF3O2/c19-18(20)9-13(10-18)16(23)21-7-5-14-6-8-24-17(14)11-22(12-17)15-3-1-2-4-15;3-2(4,5)1(6)7/h13-15H,1-12H2,(H,21,23);(H,6,7). The number of carboxylic acid groups (broad SMARTS) is 1. The van der Waals surface area contributed by atoms with Gasteiger partial charge in [-0.1, -0.05) is 12.8 Å². The van der Waals surface area contributed by atoms with E-state index in [-0.39, 0.29) is 24.3 Å². The van der Waals surface area contributed by atoms with E-state index in [1.807, 2.05) is 0 Å². The number of amides is 1. The van der Waals surface area contributed by atoms with E-state index in [2.05, 4.69) is 10.2 Å². The molecule has 2 N–H and O–H groups in total. The van der Waals surface area contributed by atoms with E-state index < -0.39 is 24.0 Å². The summed E-state index contributed by atoms with van der Waals surface area (Å²) in [4.78, 5) is 23.3. The monoisotopic (exact) mass is 456 g/mol. The third-order valence-electron chi connectivity index (χ3n) is 6.88. The van der Waals surface area contributed by atoms with Gasteiger partial charge in [0, 0.05) is 51.0 Å². The first-order valence-electron chi connectivity index (χ1n) is 10.8. The molecule has 6 nitrogen and oxygen atoms in total. The molecule has 1 amide bonds. The van der Waals surface area contributed by atoms with Crippen molar-refractivity contribution in [3.8, 4) is 0 Å². The Hall–Kier alpha value is -1.49. The number of aliphatic carboxylic acids is 1. The second kappa shape index (κ2) is 9.17. The predicted octanol–water partition coefficient (Wildman–Crippen LogP) is 3.20. The Morgan fingerprint density at radius 2 is 1.68 bits per heavy atom. The first kappa shape index (κ1) is 24.2. The molecule has 11 heteroatoms. The average molecular weight is 456 g/mol. The largest absolute Gasteiger partial charge is 0.490 e. The number of alkyl halides is 5. The Balaban J connectivity index is 0.000000339. The fourth-order valence-electron chi connectivity index (χ4n) is 5.07. The van der Waals surface area contributed by atoms with Crippen molar-refractivity contribution in [1.82, 2.24) is 10.2 Å². The highest BCUT2D eigenvalue weighted by Gasteiger charge is 2.54. The van der Waals surface area contributed by atoms with Gasteiger partial charge in [0.2, 0.25) is 11.8 Å². The number of hydrogen-bond donors (Lipinski definition) is 2. The van der Waals surface area contributed by atoms with E-state index in [0.717, 1.165) is 38.6 Å². The summed E-state index contributed by atoms with van der Waals surface area (Å²) in [5.41, 5.74) is -0.00316. The van der Waals surface area contributed by atoms with E-state index in [4.69, 9.17) is 14.6 Å². The molecule has 0 aromatic heterocycles. The molecule has 0 bridgehead atoms. The van der Waals surface area contributed by atoms with Gasteiger partial charge < -0.3 is 15.2 Å². The van der Waals surface area contributed by atoms with Gasteiger partial charge >= 0.3 is 12.1 Å². The van der Waals surface area contributed by atoms with Gasteiger partial charge in [0.25, 0.3) is 0 Å². The Bertz CT molecular complexity index is 652. The number of nitrogens with one attached hydrogen (secondary N) is 1. The minimum atomic E-state index is -5.08. The minimum absolute atomic E-state index is 0.00316. The number of carboxylic acids is 1. The number of rotatable bonds is 5. The van der Waals surface area contributed by atoms with Crippen LogP contribution in [0, 0.1) is 11.8 Å². The minimum Gasteiger partial charge on any atom is -0.475 e. The lowest BCUT2D eigenvalue weighted by Crippen LogP contribution is -2.66. The van der Waals surface area contributed by atoms with E-state index in [1.54, 1.807) is 0 Å². The molecule has 1 unspecified atom stereocenters. The van der Waals surface area contributed by atoms with Gasteiger partial charge in [-0.25, -0.2) is 13.6 Å². The van der Waals surface area contributed by atoms with Gasteiger partial charge in [-0.15, -0.1) is 0 Å². The second-order valence-electron chi connectivity index (χ2n) is 9.09. The van der Waals surface area contributed by atoms with Gasteiger partial charge in [0.05, 0.1) is 5.60 Å². The van der Waals surface area contributed by atoms with Crippen LogP contribution in [0.2, 0.25) is 0 Å². The molecule has 0 radical (unpaired) electrons. The average Bonchev–Trinajstić information content (AvgIpc) is 3.27.